The van der Waals surface area contributed by atoms with Crippen LogP contribution >= 0.6 is 11.8 Å². The zero-order valence-corrected chi connectivity index (χ0v) is 17.0. The van der Waals surface area contributed by atoms with Gasteiger partial charge in [-0.25, -0.2) is 4.39 Å². The highest BCUT2D eigenvalue weighted by Crippen LogP contribution is 2.27. The Morgan fingerprint density at radius 1 is 1.11 bits per heavy atom. The maximum absolute atomic E-state index is 13.1. The molecule has 0 aliphatic heterocycles. The smallest absolute Gasteiger partial charge is 0.191 e. The van der Waals surface area contributed by atoms with Gasteiger partial charge in [-0.3, -0.25) is 4.57 Å². The molecule has 1 unspecified atom stereocenters. The summed E-state index contributed by atoms with van der Waals surface area (Å²) >= 11 is 1.56. The largest absolute Gasteiger partial charge is 0.483 e. The van der Waals surface area contributed by atoms with Gasteiger partial charge in [0.05, 0.1) is 0 Å². The first-order valence-electron chi connectivity index (χ1n) is 9.27. The molecule has 0 radical (unpaired) electrons. The van der Waals surface area contributed by atoms with Crippen molar-refractivity contribution in [2.75, 3.05) is 0 Å². The summed E-state index contributed by atoms with van der Waals surface area (Å²) < 4.78 is 21.1. The summed E-state index contributed by atoms with van der Waals surface area (Å²) in [6.45, 7) is 8.52. The van der Waals surface area contributed by atoms with Crippen LogP contribution in [0.15, 0.2) is 66.3 Å². The lowest BCUT2D eigenvalue weighted by atomic mass is 10.2. The Kier molecular flexibility index (Phi) is 6.87. The maximum Gasteiger partial charge on any atom is 0.191 e. The number of hydrogen-bond donors (Lipinski definition) is 0. The van der Waals surface area contributed by atoms with Crippen molar-refractivity contribution in [2.24, 2.45) is 0 Å². The predicted molar refractivity (Wildman–Crippen MR) is 111 cm³/mol. The summed E-state index contributed by atoms with van der Waals surface area (Å²) in [5.74, 6) is 2.01. The Morgan fingerprint density at radius 3 is 2.43 bits per heavy atom. The van der Waals surface area contributed by atoms with Gasteiger partial charge in [0.1, 0.15) is 11.6 Å². The van der Waals surface area contributed by atoms with E-state index in [2.05, 4.69) is 35.8 Å². The Morgan fingerprint density at radius 2 is 1.79 bits per heavy atom. The lowest BCUT2D eigenvalue weighted by molar-refractivity contribution is 0.210. The highest BCUT2D eigenvalue weighted by Gasteiger charge is 2.19. The van der Waals surface area contributed by atoms with Crippen LogP contribution in [0.3, 0.4) is 0 Å². The Labute approximate surface area is 169 Å². The number of halogens is 1. The molecule has 28 heavy (non-hydrogen) atoms. The molecule has 0 N–H and O–H groups in total. The van der Waals surface area contributed by atoms with Crippen LogP contribution in [0.4, 0.5) is 4.39 Å². The Bertz CT molecular complexity index is 907. The van der Waals surface area contributed by atoms with Crippen LogP contribution in [0.1, 0.15) is 36.9 Å². The second kappa shape index (κ2) is 9.55. The molecule has 1 heterocycles. The average Bonchev–Trinajstić information content (AvgIpc) is 3.11. The minimum Gasteiger partial charge on any atom is -0.483 e. The van der Waals surface area contributed by atoms with Crippen LogP contribution < -0.4 is 4.74 Å². The summed E-state index contributed by atoms with van der Waals surface area (Å²) in [5.41, 5.74) is 2.30. The van der Waals surface area contributed by atoms with Crippen molar-refractivity contribution in [3.8, 4) is 5.75 Å². The van der Waals surface area contributed by atoms with E-state index in [0.29, 0.717) is 12.3 Å². The van der Waals surface area contributed by atoms with Crippen molar-refractivity contribution in [1.29, 1.82) is 0 Å². The van der Waals surface area contributed by atoms with Gasteiger partial charge in [-0.1, -0.05) is 49.0 Å². The third-order valence-corrected chi connectivity index (χ3v) is 5.38. The Balaban J connectivity index is 1.72. The molecule has 0 fully saturated rings. The molecule has 2 aromatic carbocycles. The van der Waals surface area contributed by atoms with E-state index >= 15 is 0 Å². The molecule has 146 valence electrons. The highest BCUT2D eigenvalue weighted by molar-refractivity contribution is 7.98. The van der Waals surface area contributed by atoms with Crippen molar-refractivity contribution in [3.05, 3.63) is 84.0 Å². The minimum atomic E-state index is -0.250. The van der Waals surface area contributed by atoms with E-state index in [1.807, 2.05) is 29.7 Å². The predicted octanol–water partition coefficient (Wildman–Crippen LogP) is 5.60. The quantitative estimate of drug-likeness (QED) is 0.348. The molecule has 1 aromatic heterocycles. The third kappa shape index (κ3) is 5.01. The number of benzene rings is 2. The average molecular weight is 398 g/mol. The molecule has 0 aliphatic rings. The van der Waals surface area contributed by atoms with E-state index in [1.165, 1.54) is 17.7 Å². The van der Waals surface area contributed by atoms with E-state index in [1.54, 1.807) is 23.9 Å². The van der Waals surface area contributed by atoms with Gasteiger partial charge in [-0.15, -0.1) is 16.8 Å². The molecular weight excluding hydrogens is 373 g/mol. The maximum atomic E-state index is 13.1. The van der Waals surface area contributed by atoms with Crippen molar-refractivity contribution >= 4 is 11.8 Å². The number of hydrogen-bond acceptors (Lipinski definition) is 4. The second-order valence-electron chi connectivity index (χ2n) is 6.41. The summed E-state index contributed by atoms with van der Waals surface area (Å²) in [6.07, 6.45) is 2.57. The third-order valence-electron chi connectivity index (χ3n) is 4.35. The molecule has 0 saturated carbocycles. The van der Waals surface area contributed by atoms with Crippen molar-refractivity contribution < 1.29 is 9.13 Å². The van der Waals surface area contributed by atoms with E-state index in [9.17, 15) is 4.39 Å². The highest BCUT2D eigenvalue weighted by atomic mass is 32.2. The normalized spacial score (nSPS) is 12.0. The number of aromatic nitrogens is 3. The zero-order valence-electron chi connectivity index (χ0n) is 16.1. The molecule has 3 rings (SSSR count). The molecular formula is C22H24FN3OS. The molecule has 1 atom stereocenters. The van der Waals surface area contributed by atoms with Crippen molar-refractivity contribution in [3.63, 3.8) is 0 Å². The molecule has 0 aliphatic carbocycles. The molecule has 0 spiro atoms. The first-order valence-corrected chi connectivity index (χ1v) is 10.3. The molecule has 0 saturated heterocycles. The summed E-state index contributed by atoms with van der Waals surface area (Å²) in [5, 5.41) is 9.47. The lowest BCUT2D eigenvalue weighted by Gasteiger charge is -2.16. The zero-order chi connectivity index (χ0) is 19.9. The number of aryl methyl sites for hydroxylation is 1. The fourth-order valence-electron chi connectivity index (χ4n) is 2.80. The van der Waals surface area contributed by atoms with Crippen LogP contribution in [0, 0.1) is 5.82 Å². The van der Waals surface area contributed by atoms with Gasteiger partial charge in [0, 0.05) is 12.3 Å². The first-order chi connectivity index (χ1) is 13.6. The lowest BCUT2D eigenvalue weighted by Crippen LogP contribution is -2.12. The molecule has 0 amide bonds. The van der Waals surface area contributed by atoms with Crippen LogP contribution in [-0.2, 0) is 18.7 Å². The van der Waals surface area contributed by atoms with Gasteiger partial charge in [-0.05, 0) is 48.7 Å². The molecule has 3 aromatic rings. The van der Waals surface area contributed by atoms with Gasteiger partial charge in [-0.2, -0.15) is 0 Å². The standard InChI is InChI=1S/C22H24FN3OS/c1-4-14-26-21(16(3)27-20-12-8-17(5-2)9-13-20)24-25-22(26)28-15-18-6-10-19(23)11-7-18/h4,6-13,16H,1,5,14-15H2,2-3H3. The van der Waals surface area contributed by atoms with E-state index in [-0.39, 0.29) is 11.9 Å². The van der Waals surface area contributed by atoms with Gasteiger partial charge in [0.25, 0.3) is 0 Å². The van der Waals surface area contributed by atoms with Crippen molar-refractivity contribution in [2.45, 2.75) is 43.8 Å². The van der Waals surface area contributed by atoms with Crippen molar-refractivity contribution in [1.82, 2.24) is 14.8 Å². The van der Waals surface area contributed by atoms with Gasteiger partial charge in [0.2, 0.25) is 0 Å². The van der Waals surface area contributed by atoms with E-state index in [0.717, 1.165) is 28.7 Å². The van der Waals surface area contributed by atoms with Gasteiger partial charge in [0.15, 0.2) is 17.1 Å². The monoisotopic (exact) mass is 397 g/mol. The summed E-state index contributed by atoms with van der Waals surface area (Å²) in [7, 11) is 0. The van der Waals surface area contributed by atoms with E-state index in [4.69, 9.17) is 4.74 Å². The number of nitrogens with zero attached hydrogens (tertiary/aromatic N) is 3. The number of allylic oxidation sites excluding steroid dienone is 1. The SMILES string of the molecule is C=CCn1c(SCc2ccc(F)cc2)nnc1C(C)Oc1ccc(CC)cc1. The second-order valence-corrected chi connectivity index (χ2v) is 7.36. The fraction of sp³-hybridized carbons (Fsp3) is 0.273. The number of rotatable bonds is 9. The van der Waals surface area contributed by atoms with Gasteiger partial charge < -0.3 is 4.74 Å². The topological polar surface area (TPSA) is 39.9 Å². The van der Waals surface area contributed by atoms with Crippen LogP contribution in [0.2, 0.25) is 0 Å². The summed E-state index contributed by atoms with van der Waals surface area (Å²) in [4.78, 5) is 0. The molecule has 4 nitrogen and oxygen atoms in total. The summed E-state index contributed by atoms with van der Waals surface area (Å²) in [6, 6.07) is 14.6. The van der Waals surface area contributed by atoms with Crippen LogP contribution in [-0.4, -0.2) is 14.8 Å². The van der Waals surface area contributed by atoms with Crippen LogP contribution in [0.25, 0.3) is 0 Å². The molecule has 6 heteroatoms. The fourth-order valence-corrected chi connectivity index (χ4v) is 3.71. The van der Waals surface area contributed by atoms with Crippen LogP contribution in [0.5, 0.6) is 5.75 Å². The van der Waals surface area contributed by atoms with Gasteiger partial charge >= 0.3 is 0 Å². The van der Waals surface area contributed by atoms with E-state index < -0.39 is 0 Å². The minimum absolute atomic E-state index is 0.233. The number of ether oxygens (including phenoxy) is 1. The Hall–Kier alpha value is -2.60. The molecule has 0 bridgehead atoms. The number of thioether (sulfide) groups is 1. The first kappa shape index (κ1) is 20.1.